The van der Waals surface area contributed by atoms with Crippen molar-refractivity contribution in [2.75, 3.05) is 13.7 Å². The maximum atomic E-state index is 12.4. The second-order valence-electron chi connectivity index (χ2n) is 6.78. The minimum absolute atomic E-state index is 0.0330. The summed E-state index contributed by atoms with van der Waals surface area (Å²) in [5.74, 6) is 0.0724. The topological polar surface area (TPSA) is 73.9 Å². The molecule has 0 unspecified atom stereocenters. The summed E-state index contributed by atoms with van der Waals surface area (Å²) < 4.78 is 16.0. The van der Waals surface area contributed by atoms with Gasteiger partial charge in [-0.25, -0.2) is 4.79 Å². The Bertz CT molecular complexity index is 806. The van der Waals surface area contributed by atoms with Gasteiger partial charge >= 0.3 is 5.97 Å². The van der Waals surface area contributed by atoms with Crippen LogP contribution in [0.15, 0.2) is 48.5 Å². The molecule has 29 heavy (non-hydrogen) atoms. The predicted octanol–water partition coefficient (Wildman–Crippen LogP) is 3.78. The Morgan fingerprint density at radius 2 is 1.76 bits per heavy atom. The first-order valence-electron chi connectivity index (χ1n) is 9.80. The Kier molecular flexibility index (Phi) is 8.52. The highest BCUT2D eigenvalue weighted by Crippen LogP contribution is 2.28. The van der Waals surface area contributed by atoms with Gasteiger partial charge in [0.15, 0.2) is 17.6 Å². The molecule has 0 heterocycles. The van der Waals surface area contributed by atoms with Crippen LogP contribution in [-0.4, -0.2) is 37.7 Å². The van der Waals surface area contributed by atoms with Gasteiger partial charge in [-0.15, -0.1) is 0 Å². The van der Waals surface area contributed by atoms with Crippen molar-refractivity contribution in [2.24, 2.45) is 0 Å². The second kappa shape index (κ2) is 11.1. The zero-order valence-electron chi connectivity index (χ0n) is 17.4. The molecule has 6 heteroatoms. The van der Waals surface area contributed by atoms with E-state index in [0.717, 1.165) is 12.8 Å². The van der Waals surface area contributed by atoms with Crippen LogP contribution < -0.4 is 14.8 Å². The number of aryl methyl sites for hydroxylation is 1. The zero-order valence-corrected chi connectivity index (χ0v) is 17.4. The number of hydrogen-bond donors (Lipinski definition) is 1. The fourth-order valence-corrected chi connectivity index (χ4v) is 2.81. The van der Waals surface area contributed by atoms with Crippen molar-refractivity contribution in [1.29, 1.82) is 0 Å². The van der Waals surface area contributed by atoms with Crippen LogP contribution in [0.2, 0.25) is 0 Å². The molecule has 6 nitrogen and oxygen atoms in total. The number of carbonyl (C=O) groups is 2. The molecule has 0 radical (unpaired) electrons. The Hall–Kier alpha value is -3.02. The van der Waals surface area contributed by atoms with Crippen molar-refractivity contribution in [1.82, 2.24) is 5.32 Å². The van der Waals surface area contributed by atoms with Crippen molar-refractivity contribution >= 4 is 11.9 Å². The average Bonchev–Trinajstić information content (AvgIpc) is 2.73. The van der Waals surface area contributed by atoms with Gasteiger partial charge in [-0.1, -0.05) is 30.3 Å². The van der Waals surface area contributed by atoms with Gasteiger partial charge < -0.3 is 19.5 Å². The lowest BCUT2D eigenvalue weighted by atomic mass is 10.1. The van der Waals surface area contributed by atoms with Gasteiger partial charge in [-0.2, -0.15) is 0 Å². The van der Waals surface area contributed by atoms with Gasteiger partial charge in [0, 0.05) is 6.04 Å². The molecule has 0 aromatic heterocycles. The maximum absolute atomic E-state index is 12.4. The first-order chi connectivity index (χ1) is 13.9. The van der Waals surface area contributed by atoms with E-state index in [1.165, 1.54) is 12.7 Å². The molecule has 0 spiro atoms. The van der Waals surface area contributed by atoms with Crippen LogP contribution in [0.3, 0.4) is 0 Å². The lowest BCUT2D eigenvalue weighted by Gasteiger charge is -2.18. The van der Waals surface area contributed by atoms with Crippen LogP contribution in [0.5, 0.6) is 11.5 Å². The lowest BCUT2D eigenvalue weighted by Crippen LogP contribution is -2.41. The third-order valence-electron chi connectivity index (χ3n) is 4.45. The number of esters is 1. The summed E-state index contributed by atoms with van der Waals surface area (Å²) in [5, 5.41) is 2.90. The minimum atomic E-state index is -0.903. The molecule has 0 aliphatic heterocycles. The number of amides is 1. The molecule has 0 aliphatic rings. The molecule has 0 saturated carbocycles. The minimum Gasteiger partial charge on any atom is -0.493 e. The van der Waals surface area contributed by atoms with Gasteiger partial charge in [0.2, 0.25) is 0 Å². The molecule has 1 N–H and O–H groups in total. The van der Waals surface area contributed by atoms with Crippen LogP contribution in [0.1, 0.15) is 43.1 Å². The largest absolute Gasteiger partial charge is 0.493 e. The highest BCUT2D eigenvalue weighted by Gasteiger charge is 2.21. The highest BCUT2D eigenvalue weighted by atomic mass is 16.5. The maximum Gasteiger partial charge on any atom is 0.339 e. The molecule has 0 aliphatic carbocycles. The van der Waals surface area contributed by atoms with Crippen molar-refractivity contribution in [3.63, 3.8) is 0 Å². The number of rotatable bonds is 10. The molecule has 2 aromatic carbocycles. The standard InChI is InChI=1S/C23H29NO5/c1-5-28-21-15-19(13-14-20(21)27-4)23(26)29-17(3)22(25)24-16(2)11-12-18-9-7-6-8-10-18/h6-10,13-17H,5,11-12H2,1-4H3,(H,24,25)/t16-,17+/m1/s1. The van der Waals surface area contributed by atoms with E-state index in [4.69, 9.17) is 14.2 Å². The van der Waals surface area contributed by atoms with E-state index in [1.807, 2.05) is 32.0 Å². The monoisotopic (exact) mass is 399 g/mol. The molecule has 0 bridgehead atoms. The predicted molar refractivity (Wildman–Crippen MR) is 111 cm³/mol. The average molecular weight is 399 g/mol. The molecule has 1 amide bonds. The van der Waals surface area contributed by atoms with Crippen LogP contribution in [-0.2, 0) is 16.0 Å². The van der Waals surface area contributed by atoms with Gasteiger partial charge in [-0.3, -0.25) is 4.79 Å². The molecule has 156 valence electrons. The highest BCUT2D eigenvalue weighted by molar-refractivity contribution is 5.92. The number of ether oxygens (including phenoxy) is 3. The Labute approximate surface area is 172 Å². The van der Waals surface area contributed by atoms with Gasteiger partial charge in [0.1, 0.15) is 0 Å². The van der Waals surface area contributed by atoms with Gasteiger partial charge in [0.05, 0.1) is 19.3 Å². The number of carbonyl (C=O) groups excluding carboxylic acids is 2. The van der Waals surface area contributed by atoms with Crippen LogP contribution in [0.25, 0.3) is 0 Å². The zero-order chi connectivity index (χ0) is 21.2. The molecular weight excluding hydrogens is 370 g/mol. The summed E-state index contributed by atoms with van der Waals surface area (Å²) in [5.41, 5.74) is 1.52. The van der Waals surface area contributed by atoms with E-state index in [0.29, 0.717) is 23.7 Å². The smallest absolute Gasteiger partial charge is 0.339 e. The Morgan fingerprint density at radius 3 is 2.41 bits per heavy atom. The summed E-state index contributed by atoms with van der Waals surface area (Å²) in [7, 11) is 1.53. The first-order valence-corrected chi connectivity index (χ1v) is 9.80. The SMILES string of the molecule is CCOc1cc(C(=O)O[C@@H](C)C(=O)N[C@H](C)CCc2ccccc2)ccc1OC. The molecule has 2 aromatic rings. The van der Waals surface area contributed by atoms with Crippen molar-refractivity contribution in [3.8, 4) is 11.5 Å². The van der Waals surface area contributed by atoms with E-state index in [-0.39, 0.29) is 11.9 Å². The number of benzene rings is 2. The van der Waals surface area contributed by atoms with Crippen LogP contribution in [0.4, 0.5) is 0 Å². The van der Waals surface area contributed by atoms with E-state index in [9.17, 15) is 9.59 Å². The number of hydrogen-bond acceptors (Lipinski definition) is 5. The van der Waals surface area contributed by atoms with Gasteiger partial charge in [0.25, 0.3) is 5.91 Å². The van der Waals surface area contributed by atoms with Crippen molar-refractivity contribution < 1.29 is 23.8 Å². The summed E-state index contributed by atoms with van der Waals surface area (Å²) in [4.78, 5) is 24.8. The van der Waals surface area contributed by atoms with Gasteiger partial charge in [-0.05, 0) is 57.4 Å². The Morgan fingerprint density at radius 1 is 1.03 bits per heavy atom. The summed E-state index contributed by atoms with van der Waals surface area (Å²) in [6.45, 7) is 5.78. The number of methoxy groups -OCH3 is 1. The van der Waals surface area contributed by atoms with Crippen LogP contribution >= 0.6 is 0 Å². The summed E-state index contributed by atoms with van der Waals surface area (Å²) >= 11 is 0. The van der Waals surface area contributed by atoms with E-state index in [1.54, 1.807) is 25.1 Å². The third kappa shape index (κ3) is 6.82. The number of nitrogens with one attached hydrogen (secondary N) is 1. The van der Waals surface area contributed by atoms with E-state index in [2.05, 4.69) is 17.4 Å². The van der Waals surface area contributed by atoms with Crippen molar-refractivity contribution in [3.05, 3.63) is 59.7 Å². The fourth-order valence-electron chi connectivity index (χ4n) is 2.81. The van der Waals surface area contributed by atoms with Crippen LogP contribution in [0, 0.1) is 0 Å². The van der Waals surface area contributed by atoms with Crippen molar-refractivity contribution in [2.45, 2.75) is 45.8 Å². The third-order valence-corrected chi connectivity index (χ3v) is 4.45. The fraction of sp³-hybridized carbons (Fsp3) is 0.391. The molecule has 0 fully saturated rings. The summed E-state index contributed by atoms with van der Waals surface area (Å²) in [6, 6.07) is 14.8. The Balaban J connectivity index is 1.88. The summed E-state index contributed by atoms with van der Waals surface area (Å²) in [6.07, 6.45) is 0.758. The first kappa shape index (κ1) is 22.3. The molecule has 2 atom stereocenters. The molecule has 2 rings (SSSR count). The second-order valence-corrected chi connectivity index (χ2v) is 6.78. The van der Waals surface area contributed by atoms with E-state index < -0.39 is 12.1 Å². The van der Waals surface area contributed by atoms with E-state index >= 15 is 0 Å². The molecule has 0 saturated heterocycles. The molecular formula is C23H29NO5. The quantitative estimate of drug-likeness (QED) is 0.616. The lowest BCUT2D eigenvalue weighted by molar-refractivity contribution is -0.129. The normalized spacial score (nSPS) is 12.6.